The maximum absolute atomic E-state index is 12.3. The number of hydrogen-bond acceptors (Lipinski definition) is 5. The van der Waals surface area contributed by atoms with E-state index < -0.39 is 4.92 Å². The number of carbonyl (C=O) groups excluding carboxylic acids is 1. The number of nitro benzene ring substituents is 1. The minimum Gasteiger partial charge on any atom is -0.326 e. The smallest absolute Gasteiger partial charge is 0.274 e. The summed E-state index contributed by atoms with van der Waals surface area (Å²) >= 11 is 6.05. The third-order valence-corrected chi connectivity index (χ3v) is 5.43. The van der Waals surface area contributed by atoms with E-state index in [1.165, 1.54) is 11.6 Å². The van der Waals surface area contributed by atoms with Crippen LogP contribution in [-0.2, 0) is 11.3 Å². The van der Waals surface area contributed by atoms with Gasteiger partial charge in [-0.05, 0) is 30.7 Å². The van der Waals surface area contributed by atoms with E-state index in [1.54, 1.807) is 19.1 Å². The van der Waals surface area contributed by atoms with Crippen LogP contribution in [0.15, 0.2) is 42.5 Å². The summed E-state index contributed by atoms with van der Waals surface area (Å²) in [5.41, 5.74) is 2.19. The summed E-state index contributed by atoms with van der Waals surface area (Å²) < 4.78 is 0. The van der Waals surface area contributed by atoms with E-state index in [9.17, 15) is 14.9 Å². The topological polar surface area (TPSA) is 78.7 Å². The molecular formula is C21H25ClN4O3. The Morgan fingerprint density at radius 1 is 1.14 bits per heavy atom. The van der Waals surface area contributed by atoms with Gasteiger partial charge in [0.2, 0.25) is 5.91 Å². The highest BCUT2D eigenvalue weighted by Gasteiger charge is 2.19. The van der Waals surface area contributed by atoms with Crippen LogP contribution in [0.1, 0.15) is 17.5 Å². The van der Waals surface area contributed by atoms with Crippen molar-refractivity contribution < 1.29 is 9.72 Å². The van der Waals surface area contributed by atoms with Crippen LogP contribution < -0.4 is 5.32 Å². The number of anilines is 1. The minimum atomic E-state index is -0.437. The number of benzene rings is 2. The van der Waals surface area contributed by atoms with Gasteiger partial charge in [0.15, 0.2) is 0 Å². The third-order valence-electron chi connectivity index (χ3n) is 5.19. The summed E-state index contributed by atoms with van der Waals surface area (Å²) in [5, 5.41) is 14.6. The van der Waals surface area contributed by atoms with Gasteiger partial charge in [-0.2, -0.15) is 0 Å². The molecule has 1 amide bonds. The number of piperazine rings is 1. The molecule has 1 heterocycles. The largest absolute Gasteiger partial charge is 0.326 e. The van der Waals surface area contributed by atoms with Crippen molar-refractivity contribution in [1.29, 1.82) is 0 Å². The van der Waals surface area contributed by atoms with Crippen molar-refractivity contribution >= 4 is 28.9 Å². The molecule has 0 spiro atoms. The number of nitrogens with one attached hydrogen (secondary N) is 1. The van der Waals surface area contributed by atoms with Crippen LogP contribution in [0.3, 0.4) is 0 Å². The number of nitro groups is 1. The second-order valence-corrected chi connectivity index (χ2v) is 7.69. The van der Waals surface area contributed by atoms with Gasteiger partial charge in [-0.25, -0.2) is 0 Å². The number of carbonyl (C=O) groups is 1. The first-order valence-electron chi connectivity index (χ1n) is 9.65. The molecule has 1 aliphatic heterocycles. The lowest BCUT2D eigenvalue weighted by Gasteiger charge is -2.34. The van der Waals surface area contributed by atoms with Gasteiger partial charge in [0, 0.05) is 56.8 Å². The molecule has 1 aliphatic rings. The van der Waals surface area contributed by atoms with Crippen LogP contribution in [-0.4, -0.2) is 53.4 Å². The maximum atomic E-state index is 12.3. The van der Waals surface area contributed by atoms with Crippen molar-refractivity contribution in [2.24, 2.45) is 0 Å². The van der Waals surface area contributed by atoms with Crippen molar-refractivity contribution in [1.82, 2.24) is 9.80 Å². The van der Waals surface area contributed by atoms with Crippen molar-refractivity contribution in [2.45, 2.75) is 19.9 Å². The number of amides is 1. The second kappa shape index (κ2) is 9.82. The molecular weight excluding hydrogens is 392 g/mol. The molecule has 0 bridgehead atoms. The van der Waals surface area contributed by atoms with Gasteiger partial charge in [-0.1, -0.05) is 29.8 Å². The van der Waals surface area contributed by atoms with Gasteiger partial charge in [-0.15, -0.1) is 0 Å². The SMILES string of the molecule is Cc1c(NC(=O)CCN2CCN(Cc3cccc(Cl)c3)CC2)cccc1[N+](=O)[O-]. The van der Waals surface area contributed by atoms with Crippen LogP contribution in [0.2, 0.25) is 5.02 Å². The summed E-state index contributed by atoms with van der Waals surface area (Å²) in [7, 11) is 0. The molecule has 3 rings (SSSR count). The first kappa shape index (κ1) is 21.2. The third kappa shape index (κ3) is 6.00. The summed E-state index contributed by atoms with van der Waals surface area (Å²) in [6.07, 6.45) is 0.358. The van der Waals surface area contributed by atoms with E-state index in [2.05, 4.69) is 21.2 Å². The molecule has 2 aromatic carbocycles. The lowest BCUT2D eigenvalue weighted by atomic mass is 10.1. The van der Waals surface area contributed by atoms with Gasteiger partial charge < -0.3 is 10.2 Å². The Labute approximate surface area is 175 Å². The molecule has 7 nitrogen and oxygen atoms in total. The molecule has 0 aromatic heterocycles. The molecule has 0 aliphatic carbocycles. The van der Waals surface area contributed by atoms with Crippen LogP contribution >= 0.6 is 11.6 Å². The Balaban J connectivity index is 1.43. The Bertz CT molecular complexity index is 882. The summed E-state index contributed by atoms with van der Waals surface area (Å²) in [4.78, 5) is 27.5. The van der Waals surface area contributed by atoms with E-state index in [1.807, 2.05) is 18.2 Å². The average molecular weight is 417 g/mol. The average Bonchev–Trinajstić information content (AvgIpc) is 2.69. The Morgan fingerprint density at radius 2 is 1.83 bits per heavy atom. The van der Waals surface area contributed by atoms with Crippen molar-refractivity contribution in [3.8, 4) is 0 Å². The van der Waals surface area contributed by atoms with Crippen LogP contribution in [0.5, 0.6) is 0 Å². The van der Waals surface area contributed by atoms with Crippen LogP contribution in [0.25, 0.3) is 0 Å². The van der Waals surface area contributed by atoms with Crippen molar-refractivity contribution in [3.63, 3.8) is 0 Å². The number of hydrogen-bond donors (Lipinski definition) is 1. The normalized spacial score (nSPS) is 15.2. The standard InChI is InChI=1S/C21H25ClN4O3/c1-16-19(6-3-7-20(16)26(28)29)23-21(27)8-9-24-10-12-25(13-11-24)15-17-4-2-5-18(22)14-17/h2-7,14H,8-13,15H2,1H3,(H,23,27). The lowest BCUT2D eigenvalue weighted by Crippen LogP contribution is -2.46. The maximum Gasteiger partial charge on any atom is 0.274 e. The Kier molecular flexibility index (Phi) is 7.19. The van der Waals surface area contributed by atoms with Gasteiger partial charge in [-0.3, -0.25) is 19.8 Å². The first-order chi connectivity index (χ1) is 13.9. The highest BCUT2D eigenvalue weighted by molar-refractivity contribution is 6.30. The molecule has 1 saturated heterocycles. The zero-order valence-electron chi connectivity index (χ0n) is 16.4. The predicted molar refractivity (Wildman–Crippen MR) is 114 cm³/mol. The molecule has 1 N–H and O–H groups in total. The monoisotopic (exact) mass is 416 g/mol. The molecule has 8 heteroatoms. The van der Waals surface area contributed by atoms with E-state index in [4.69, 9.17) is 11.6 Å². The molecule has 154 valence electrons. The zero-order chi connectivity index (χ0) is 20.8. The fraction of sp³-hybridized carbons (Fsp3) is 0.381. The number of halogens is 1. The van der Waals surface area contributed by atoms with Gasteiger partial charge in [0.25, 0.3) is 5.69 Å². The predicted octanol–water partition coefficient (Wildman–Crippen LogP) is 3.70. The summed E-state index contributed by atoms with van der Waals surface area (Å²) in [5.74, 6) is -0.130. The molecule has 2 aromatic rings. The van der Waals surface area contributed by atoms with Crippen molar-refractivity contribution in [2.75, 3.05) is 38.0 Å². The molecule has 0 radical (unpaired) electrons. The van der Waals surface area contributed by atoms with Gasteiger partial charge in [0.1, 0.15) is 0 Å². The Hall–Kier alpha value is -2.48. The fourth-order valence-electron chi connectivity index (χ4n) is 3.49. The zero-order valence-corrected chi connectivity index (χ0v) is 17.2. The summed E-state index contributed by atoms with van der Waals surface area (Å²) in [6.45, 7) is 6.89. The fourth-order valence-corrected chi connectivity index (χ4v) is 3.71. The molecule has 0 unspecified atom stereocenters. The van der Waals surface area contributed by atoms with Crippen LogP contribution in [0.4, 0.5) is 11.4 Å². The Morgan fingerprint density at radius 3 is 2.52 bits per heavy atom. The van der Waals surface area contributed by atoms with E-state index in [0.29, 0.717) is 24.2 Å². The number of rotatable bonds is 7. The molecule has 0 saturated carbocycles. The quantitative estimate of drug-likeness (QED) is 0.550. The van der Waals surface area contributed by atoms with Crippen LogP contribution in [0, 0.1) is 17.0 Å². The second-order valence-electron chi connectivity index (χ2n) is 7.25. The molecule has 0 atom stereocenters. The van der Waals surface area contributed by atoms with Crippen molar-refractivity contribution in [3.05, 3.63) is 68.7 Å². The highest BCUT2D eigenvalue weighted by atomic mass is 35.5. The minimum absolute atomic E-state index is 0.0126. The van der Waals surface area contributed by atoms with Gasteiger partial charge in [0.05, 0.1) is 16.2 Å². The highest BCUT2D eigenvalue weighted by Crippen LogP contribution is 2.25. The van der Waals surface area contributed by atoms with E-state index in [-0.39, 0.29) is 11.6 Å². The first-order valence-corrected chi connectivity index (χ1v) is 10.0. The van der Waals surface area contributed by atoms with E-state index >= 15 is 0 Å². The molecule has 29 heavy (non-hydrogen) atoms. The number of nitrogens with zero attached hydrogens (tertiary/aromatic N) is 3. The lowest BCUT2D eigenvalue weighted by molar-refractivity contribution is -0.385. The summed E-state index contributed by atoms with van der Waals surface area (Å²) in [6, 6.07) is 12.6. The van der Waals surface area contributed by atoms with E-state index in [0.717, 1.165) is 37.7 Å². The molecule has 1 fully saturated rings. The van der Waals surface area contributed by atoms with Gasteiger partial charge >= 0.3 is 0 Å².